The van der Waals surface area contributed by atoms with Gasteiger partial charge in [0, 0.05) is 30.2 Å². The largest absolute Gasteiger partial charge is 0.422 e. The highest BCUT2D eigenvalue weighted by Crippen LogP contribution is 2.21. The van der Waals surface area contributed by atoms with E-state index in [9.17, 15) is 4.79 Å². The number of anilines is 1. The Bertz CT molecular complexity index is 766. The molecule has 116 valence electrons. The summed E-state index contributed by atoms with van der Waals surface area (Å²) in [7, 11) is 0. The second kappa shape index (κ2) is 7.04. The second-order valence-corrected chi connectivity index (χ2v) is 5.06. The molecular weight excluding hydrogens is 300 g/mol. The monoisotopic (exact) mass is 318 g/mol. The molecule has 1 aromatic carbocycles. The summed E-state index contributed by atoms with van der Waals surface area (Å²) in [5.41, 5.74) is 9.10. The molecule has 0 amide bonds. The number of nitrogens with zero attached hydrogens (tertiary/aromatic N) is 2. The van der Waals surface area contributed by atoms with Crippen LogP contribution in [0.5, 0.6) is 0 Å². The molecule has 0 aliphatic rings. The maximum atomic E-state index is 12.0. The maximum Gasteiger partial charge on any atom is 0.345 e. The fraction of sp³-hybridized carbons (Fsp3) is 0.267. The molecule has 6 nitrogen and oxygen atoms in total. The average Bonchev–Trinajstić information content (AvgIpc) is 2.48. The third kappa shape index (κ3) is 3.62. The number of benzene rings is 1. The first kappa shape index (κ1) is 16.0. The van der Waals surface area contributed by atoms with Crippen LogP contribution in [0.1, 0.15) is 19.4 Å². The molecule has 0 saturated heterocycles. The molecule has 2 aromatic rings. The van der Waals surface area contributed by atoms with Crippen LogP contribution in [0.25, 0.3) is 11.0 Å². The Hall–Kier alpha value is -2.41. The molecule has 3 N–H and O–H groups in total. The van der Waals surface area contributed by atoms with E-state index in [0.717, 1.165) is 24.2 Å². The number of fused-ring (bicyclic) bond motifs is 1. The molecule has 2 rings (SSSR count). The third-order valence-electron chi connectivity index (χ3n) is 3.25. The summed E-state index contributed by atoms with van der Waals surface area (Å²) < 4.78 is 5.36. The number of hydrazone groups is 1. The molecule has 0 saturated carbocycles. The topological polar surface area (TPSA) is 83.9 Å². The van der Waals surface area contributed by atoms with Gasteiger partial charge in [0.25, 0.3) is 0 Å². The average molecular weight is 318 g/mol. The zero-order valence-electron chi connectivity index (χ0n) is 12.5. The molecule has 1 aromatic heterocycles. The van der Waals surface area contributed by atoms with Crippen molar-refractivity contribution in [2.75, 3.05) is 18.0 Å². The van der Waals surface area contributed by atoms with Crippen LogP contribution in [0.15, 0.2) is 38.6 Å². The van der Waals surface area contributed by atoms with E-state index in [0.29, 0.717) is 11.1 Å². The minimum Gasteiger partial charge on any atom is -0.422 e. The van der Waals surface area contributed by atoms with Gasteiger partial charge in [-0.05, 0) is 44.3 Å². The van der Waals surface area contributed by atoms with Gasteiger partial charge in [0.2, 0.25) is 0 Å². The van der Waals surface area contributed by atoms with E-state index in [-0.39, 0.29) is 5.11 Å². The van der Waals surface area contributed by atoms with Crippen molar-refractivity contribution in [3.8, 4) is 0 Å². The van der Waals surface area contributed by atoms with Crippen molar-refractivity contribution < 1.29 is 4.42 Å². The zero-order chi connectivity index (χ0) is 16.1. The smallest absolute Gasteiger partial charge is 0.345 e. The minimum atomic E-state index is -0.460. The predicted octanol–water partition coefficient (Wildman–Crippen LogP) is 1.81. The molecule has 0 bridgehead atoms. The standard InChI is InChI=1S/C15H18N4O2S/c1-3-19(4-2)12-6-5-10-7-11(9-17-18-15(16)22)14(20)21-13(10)8-12/h5-9H,3-4H2,1-2H3,(H3,16,18,22)/b17-9+. The summed E-state index contributed by atoms with van der Waals surface area (Å²) >= 11 is 4.63. The molecule has 0 unspecified atom stereocenters. The van der Waals surface area contributed by atoms with Crippen LogP contribution in [0.2, 0.25) is 0 Å². The lowest BCUT2D eigenvalue weighted by atomic mass is 10.1. The van der Waals surface area contributed by atoms with Gasteiger partial charge in [-0.3, -0.25) is 5.43 Å². The summed E-state index contributed by atoms with van der Waals surface area (Å²) in [5, 5.41) is 4.63. The summed E-state index contributed by atoms with van der Waals surface area (Å²) in [6.45, 7) is 5.94. The van der Waals surface area contributed by atoms with Crippen LogP contribution in [0.3, 0.4) is 0 Å². The fourth-order valence-corrected chi connectivity index (χ4v) is 2.21. The van der Waals surface area contributed by atoms with Gasteiger partial charge >= 0.3 is 5.63 Å². The summed E-state index contributed by atoms with van der Waals surface area (Å²) in [6, 6.07) is 7.52. The molecule has 0 atom stereocenters. The van der Waals surface area contributed by atoms with Crippen molar-refractivity contribution in [1.29, 1.82) is 0 Å². The normalized spacial score (nSPS) is 11.0. The molecule has 0 aliphatic heterocycles. The molecule has 7 heteroatoms. The Labute approximate surface area is 133 Å². The van der Waals surface area contributed by atoms with Crippen molar-refractivity contribution in [2.24, 2.45) is 10.8 Å². The molecular formula is C15H18N4O2S. The number of hydrogen-bond donors (Lipinski definition) is 2. The van der Waals surface area contributed by atoms with E-state index in [2.05, 4.69) is 41.5 Å². The third-order valence-corrected chi connectivity index (χ3v) is 3.34. The van der Waals surface area contributed by atoms with Crippen LogP contribution in [0, 0.1) is 0 Å². The van der Waals surface area contributed by atoms with Gasteiger partial charge in [-0.15, -0.1) is 0 Å². The van der Waals surface area contributed by atoms with Crippen LogP contribution in [0.4, 0.5) is 5.69 Å². The Morgan fingerprint density at radius 3 is 2.77 bits per heavy atom. The number of thiocarbonyl (C=S) groups is 1. The number of rotatable bonds is 5. The van der Waals surface area contributed by atoms with Crippen molar-refractivity contribution in [3.05, 3.63) is 40.2 Å². The van der Waals surface area contributed by atoms with E-state index >= 15 is 0 Å². The van der Waals surface area contributed by atoms with Crippen molar-refractivity contribution in [1.82, 2.24) is 5.43 Å². The van der Waals surface area contributed by atoms with Crippen LogP contribution in [-0.2, 0) is 0 Å². The second-order valence-electron chi connectivity index (χ2n) is 4.62. The summed E-state index contributed by atoms with van der Waals surface area (Å²) in [5.74, 6) is 0. The van der Waals surface area contributed by atoms with E-state index < -0.39 is 5.63 Å². The Morgan fingerprint density at radius 2 is 2.14 bits per heavy atom. The van der Waals surface area contributed by atoms with E-state index in [4.69, 9.17) is 10.2 Å². The van der Waals surface area contributed by atoms with Gasteiger partial charge in [-0.25, -0.2) is 4.79 Å². The molecule has 1 heterocycles. The number of nitrogens with one attached hydrogen (secondary N) is 1. The molecule has 0 radical (unpaired) electrons. The lowest BCUT2D eigenvalue weighted by Crippen LogP contribution is -2.24. The Morgan fingerprint density at radius 1 is 1.41 bits per heavy atom. The van der Waals surface area contributed by atoms with Gasteiger partial charge < -0.3 is 15.1 Å². The minimum absolute atomic E-state index is 0.0327. The van der Waals surface area contributed by atoms with Crippen LogP contribution in [-0.4, -0.2) is 24.4 Å². The molecule has 0 aliphatic carbocycles. The van der Waals surface area contributed by atoms with Gasteiger partial charge in [0.15, 0.2) is 5.11 Å². The first-order chi connectivity index (χ1) is 10.5. The quantitative estimate of drug-likeness (QED) is 0.378. The number of nitrogens with two attached hydrogens (primary N) is 1. The first-order valence-electron chi connectivity index (χ1n) is 6.96. The van der Waals surface area contributed by atoms with Crippen LogP contribution < -0.4 is 21.7 Å². The van der Waals surface area contributed by atoms with E-state index in [1.54, 1.807) is 6.07 Å². The molecule has 0 spiro atoms. The van der Waals surface area contributed by atoms with Gasteiger partial charge in [0.05, 0.1) is 11.8 Å². The lowest BCUT2D eigenvalue weighted by Gasteiger charge is -2.20. The highest BCUT2D eigenvalue weighted by molar-refractivity contribution is 7.80. The Balaban J connectivity index is 2.40. The van der Waals surface area contributed by atoms with Crippen molar-refractivity contribution >= 4 is 40.2 Å². The van der Waals surface area contributed by atoms with Crippen LogP contribution >= 0.6 is 12.2 Å². The van der Waals surface area contributed by atoms with E-state index in [1.807, 2.05) is 18.2 Å². The predicted molar refractivity (Wildman–Crippen MR) is 93.6 cm³/mol. The highest BCUT2D eigenvalue weighted by atomic mass is 32.1. The molecule has 0 fully saturated rings. The van der Waals surface area contributed by atoms with E-state index in [1.165, 1.54) is 6.21 Å². The van der Waals surface area contributed by atoms with Gasteiger partial charge in [0.1, 0.15) is 5.58 Å². The summed E-state index contributed by atoms with van der Waals surface area (Å²) in [6.07, 6.45) is 1.34. The van der Waals surface area contributed by atoms with Gasteiger partial charge in [-0.2, -0.15) is 5.10 Å². The first-order valence-corrected chi connectivity index (χ1v) is 7.37. The van der Waals surface area contributed by atoms with Crippen molar-refractivity contribution in [3.63, 3.8) is 0 Å². The number of hydrogen-bond acceptors (Lipinski definition) is 5. The lowest BCUT2D eigenvalue weighted by molar-refractivity contribution is 0.559. The summed E-state index contributed by atoms with van der Waals surface area (Å²) in [4.78, 5) is 14.1. The highest BCUT2D eigenvalue weighted by Gasteiger charge is 2.07. The van der Waals surface area contributed by atoms with Gasteiger partial charge in [-0.1, -0.05) is 0 Å². The molecule has 22 heavy (non-hydrogen) atoms. The fourth-order valence-electron chi connectivity index (χ4n) is 2.16. The Kier molecular flexibility index (Phi) is 5.11. The SMILES string of the molecule is CCN(CC)c1ccc2cc(/C=N/NC(N)=S)c(=O)oc2c1. The zero-order valence-corrected chi connectivity index (χ0v) is 13.3. The van der Waals surface area contributed by atoms with Crippen molar-refractivity contribution in [2.45, 2.75) is 13.8 Å². The maximum absolute atomic E-state index is 12.0.